The maximum absolute atomic E-state index is 12.7. The third kappa shape index (κ3) is 7.84. The Balaban J connectivity index is 1.94. The number of benzene rings is 3. The summed E-state index contributed by atoms with van der Waals surface area (Å²) in [6.07, 6.45) is 0.712. The molecule has 0 bridgehead atoms. The Morgan fingerprint density at radius 3 is 2.22 bits per heavy atom. The molecule has 0 atom stereocenters. The molecule has 0 spiro atoms. The van der Waals surface area contributed by atoms with Crippen molar-refractivity contribution in [3.05, 3.63) is 94.5 Å². The summed E-state index contributed by atoms with van der Waals surface area (Å²) < 4.78 is 0. The van der Waals surface area contributed by atoms with Crippen LogP contribution in [0.1, 0.15) is 45.5 Å². The molecule has 0 saturated heterocycles. The van der Waals surface area contributed by atoms with Crippen molar-refractivity contribution >= 4 is 23.1 Å². The highest BCUT2D eigenvalue weighted by Gasteiger charge is 2.13. The number of rotatable bonds is 9. The fourth-order valence-electron chi connectivity index (χ4n) is 3.64. The molecule has 186 valence electrons. The molecule has 3 rings (SSSR count). The molecule has 0 fully saturated rings. The third-order valence-corrected chi connectivity index (χ3v) is 5.64. The van der Waals surface area contributed by atoms with Crippen LogP contribution in [0.4, 0.5) is 11.4 Å². The molecule has 3 aromatic carbocycles. The van der Waals surface area contributed by atoms with Gasteiger partial charge in [0.05, 0.1) is 30.7 Å². The average Bonchev–Trinajstić information content (AvgIpc) is 2.89. The number of aryl methyl sites for hydroxylation is 3. The lowest BCUT2D eigenvalue weighted by Crippen LogP contribution is -2.25. The molecule has 8 heteroatoms. The van der Waals surface area contributed by atoms with Crippen molar-refractivity contribution in [1.29, 1.82) is 10.5 Å². The largest absolute Gasteiger partial charge is 0.369 e. The lowest BCUT2D eigenvalue weighted by molar-refractivity contribution is 0.0955. The van der Waals surface area contributed by atoms with Gasteiger partial charge in [-0.15, -0.1) is 15.3 Å². The number of azo groups is 1. The van der Waals surface area contributed by atoms with Gasteiger partial charge in [0.15, 0.2) is 0 Å². The number of carbonyl (C=O) groups excluding carboxylic acids is 1. The first-order chi connectivity index (χ1) is 17.9. The van der Waals surface area contributed by atoms with Crippen LogP contribution in [0, 0.1) is 43.4 Å². The second kappa shape index (κ2) is 13.3. The molecule has 8 nitrogen and oxygen atoms in total. The number of hydrogen-bond acceptors (Lipinski definition) is 6. The predicted octanol–water partition coefficient (Wildman–Crippen LogP) is 6.12. The fourth-order valence-corrected chi connectivity index (χ4v) is 3.64. The molecule has 0 aliphatic heterocycles. The van der Waals surface area contributed by atoms with Crippen LogP contribution >= 0.6 is 0 Å². The van der Waals surface area contributed by atoms with Gasteiger partial charge in [0.25, 0.3) is 5.91 Å². The molecule has 0 radical (unpaired) electrons. The Bertz CT molecular complexity index is 1360. The Hall–Kier alpha value is -4.82. The zero-order valence-electron chi connectivity index (χ0n) is 21.3. The number of anilines is 1. The maximum atomic E-state index is 12.7. The van der Waals surface area contributed by atoms with E-state index in [1.165, 1.54) is 0 Å². The van der Waals surface area contributed by atoms with E-state index in [1.807, 2.05) is 80.3 Å². The summed E-state index contributed by atoms with van der Waals surface area (Å²) in [7, 11) is 0. The van der Waals surface area contributed by atoms with E-state index >= 15 is 0 Å². The molecule has 0 unspecified atom stereocenters. The van der Waals surface area contributed by atoms with E-state index in [0.717, 1.165) is 22.4 Å². The maximum Gasteiger partial charge on any atom is 0.271 e. The van der Waals surface area contributed by atoms with Crippen LogP contribution in [0.5, 0.6) is 0 Å². The summed E-state index contributed by atoms with van der Waals surface area (Å²) in [5.41, 5.74) is 8.33. The van der Waals surface area contributed by atoms with Gasteiger partial charge in [0.1, 0.15) is 0 Å². The van der Waals surface area contributed by atoms with Crippen LogP contribution in [0.15, 0.2) is 82.1 Å². The van der Waals surface area contributed by atoms with Crippen molar-refractivity contribution in [3.63, 3.8) is 0 Å². The molecule has 3 aromatic rings. The second-order valence-electron chi connectivity index (χ2n) is 8.58. The smallest absolute Gasteiger partial charge is 0.271 e. The van der Waals surface area contributed by atoms with E-state index in [4.69, 9.17) is 10.5 Å². The van der Waals surface area contributed by atoms with E-state index in [0.29, 0.717) is 42.7 Å². The molecule has 0 saturated carbocycles. The zero-order valence-corrected chi connectivity index (χ0v) is 21.3. The molecular weight excluding hydrogens is 462 g/mol. The molecule has 1 amide bonds. The summed E-state index contributed by atoms with van der Waals surface area (Å²) >= 11 is 0. The van der Waals surface area contributed by atoms with Gasteiger partial charge < -0.3 is 4.90 Å². The van der Waals surface area contributed by atoms with Crippen molar-refractivity contribution in [2.75, 3.05) is 18.0 Å². The number of nitriles is 2. The van der Waals surface area contributed by atoms with Gasteiger partial charge >= 0.3 is 0 Å². The van der Waals surface area contributed by atoms with Crippen LogP contribution in [-0.2, 0) is 0 Å². The van der Waals surface area contributed by atoms with Gasteiger partial charge in [-0.2, -0.15) is 10.5 Å². The Kier molecular flexibility index (Phi) is 9.64. The minimum Gasteiger partial charge on any atom is -0.369 e. The van der Waals surface area contributed by atoms with Crippen LogP contribution in [0.25, 0.3) is 0 Å². The van der Waals surface area contributed by atoms with Crippen molar-refractivity contribution in [2.45, 2.75) is 33.6 Å². The number of amidine groups is 1. The molecule has 37 heavy (non-hydrogen) atoms. The SMILES string of the molecule is Cc1ccc(C(=O)N/N=C(\N=Nc2cccc(C)c2)c2ccc(N(CCC#N)CCC#N)cc2C)cc1. The minimum atomic E-state index is -0.350. The van der Waals surface area contributed by atoms with Gasteiger partial charge in [-0.1, -0.05) is 29.8 Å². The first-order valence-corrected chi connectivity index (χ1v) is 11.9. The summed E-state index contributed by atoms with van der Waals surface area (Å²) in [5.74, 6) is -0.0941. The summed E-state index contributed by atoms with van der Waals surface area (Å²) in [4.78, 5) is 14.7. The van der Waals surface area contributed by atoms with E-state index < -0.39 is 0 Å². The third-order valence-electron chi connectivity index (χ3n) is 5.64. The van der Waals surface area contributed by atoms with Gasteiger partial charge in [0, 0.05) is 29.9 Å². The zero-order chi connectivity index (χ0) is 26.6. The second-order valence-corrected chi connectivity index (χ2v) is 8.58. The van der Waals surface area contributed by atoms with E-state index in [-0.39, 0.29) is 11.7 Å². The highest BCUT2D eigenvalue weighted by atomic mass is 16.2. The Labute approximate surface area is 217 Å². The first-order valence-electron chi connectivity index (χ1n) is 11.9. The summed E-state index contributed by atoms with van der Waals surface area (Å²) in [6.45, 7) is 6.90. The predicted molar refractivity (Wildman–Crippen MR) is 145 cm³/mol. The van der Waals surface area contributed by atoms with E-state index in [2.05, 4.69) is 32.9 Å². The van der Waals surface area contributed by atoms with Gasteiger partial charge in [-0.25, -0.2) is 5.43 Å². The monoisotopic (exact) mass is 491 g/mol. The lowest BCUT2D eigenvalue weighted by Gasteiger charge is -2.23. The standard InChI is InChI=1S/C29H29N7O/c1-21-9-11-24(12-10-21)29(37)35-34-28(33-32-25-8-4-7-22(2)19-25)27-14-13-26(20-23(27)3)36(17-5-15-30)18-6-16-31/h4,7-14,19-20H,5-6,17-18H2,1-3H3,(H,35,37)/b33-32?,34-28-. The normalized spacial score (nSPS) is 11.1. The lowest BCUT2D eigenvalue weighted by atomic mass is 10.1. The topological polar surface area (TPSA) is 117 Å². The molecule has 0 aliphatic rings. The van der Waals surface area contributed by atoms with Crippen LogP contribution in [0.2, 0.25) is 0 Å². The number of carbonyl (C=O) groups is 1. The van der Waals surface area contributed by atoms with Crippen molar-refractivity contribution in [1.82, 2.24) is 5.43 Å². The molecule has 0 aliphatic carbocycles. The van der Waals surface area contributed by atoms with E-state index in [1.54, 1.807) is 12.1 Å². The summed E-state index contributed by atoms with van der Waals surface area (Å²) in [6, 6.07) is 24.9. The molecule has 0 aromatic heterocycles. The molecular formula is C29H29N7O. The van der Waals surface area contributed by atoms with Crippen LogP contribution < -0.4 is 10.3 Å². The Morgan fingerprint density at radius 2 is 1.59 bits per heavy atom. The first kappa shape index (κ1) is 26.8. The fraction of sp³-hybridized carbons (Fsp3) is 0.241. The quantitative estimate of drug-likeness (QED) is 0.168. The van der Waals surface area contributed by atoms with Crippen LogP contribution in [-0.4, -0.2) is 24.8 Å². The number of nitrogens with one attached hydrogen (secondary N) is 1. The number of hydrogen-bond donors (Lipinski definition) is 1. The van der Waals surface area contributed by atoms with Gasteiger partial charge in [-0.3, -0.25) is 4.79 Å². The Morgan fingerprint density at radius 1 is 0.892 bits per heavy atom. The van der Waals surface area contributed by atoms with E-state index in [9.17, 15) is 4.79 Å². The number of amides is 1. The van der Waals surface area contributed by atoms with Crippen molar-refractivity contribution in [2.24, 2.45) is 15.3 Å². The van der Waals surface area contributed by atoms with Crippen molar-refractivity contribution in [3.8, 4) is 12.1 Å². The molecule has 0 heterocycles. The molecule has 1 N–H and O–H groups in total. The van der Waals surface area contributed by atoms with Crippen LogP contribution in [0.3, 0.4) is 0 Å². The highest BCUT2D eigenvalue weighted by molar-refractivity contribution is 6.02. The van der Waals surface area contributed by atoms with Crippen molar-refractivity contribution < 1.29 is 4.79 Å². The number of hydrazone groups is 1. The highest BCUT2D eigenvalue weighted by Crippen LogP contribution is 2.22. The van der Waals surface area contributed by atoms with Gasteiger partial charge in [0.2, 0.25) is 5.84 Å². The minimum absolute atomic E-state index is 0.256. The number of nitrogens with zero attached hydrogens (tertiary/aromatic N) is 6. The average molecular weight is 492 g/mol. The summed E-state index contributed by atoms with van der Waals surface area (Å²) in [5, 5.41) is 31.1. The van der Waals surface area contributed by atoms with Gasteiger partial charge in [-0.05, 0) is 74.4 Å².